The fraction of sp³-hybridized carbons (Fsp3) is 0. The zero-order chi connectivity index (χ0) is 9.42. The van der Waals surface area contributed by atoms with Gasteiger partial charge in [0, 0.05) is 0 Å². The van der Waals surface area contributed by atoms with E-state index in [1.807, 2.05) is 0 Å². The van der Waals surface area contributed by atoms with E-state index in [0.717, 1.165) is 6.20 Å². The summed E-state index contributed by atoms with van der Waals surface area (Å²) in [6.07, 6.45) is 1.13. The monoisotopic (exact) mass is 196 g/mol. The van der Waals surface area contributed by atoms with Crippen LogP contribution in [-0.2, 0) is 0 Å². The van der Waals surface area contributed by atoms with E-state index >= 15 is 0 Å². The van der Waals surface area contributed by atoms with Gasteiger partial charge < -0.3 is 4.98 Å². The highest BCUT2D eigenvalue weighted by Crippen LogP contribution is 2.26. The molecule has 0 aliphatic heterocycles. The Labute approximate surface area is 75.8 Å². The second kappa shape index (κ2) is 2.67. The summed E-state index contributed by atoms with van der Waals surface area (Å²) >= 11 is 1.19. The Bertz CT molecular complexity index is 528. The molecule has 0 aliphatic carbocycles. The van der Waals surface area contributed by atoms with Crippen LogP contribution in [0.5, 0.6) is 0 Å². The van der Waals surface area contributed by atoms with Crippen molar-refractivity contribution in [2.75, 3.05) is 0 Å². The smallest absolute Gasteiger partial charge is 0.303 e. The maximum Gasteiger partial charge on any atom is 0.303 e. The molecule has 2 aromatic rings. The van der Waals surface area contributed by atoms with Crippen molar-refractivity contribution in [3.05, 3.63) is 38.1 Å². The van der Waals surface area contributed by atoms with Crippen molar-refractivity contribution < 1.29 is 4.92 Å². The minimum atomic E-state index is -0.505. The minimum absolute atomic E-state index is 0.0513. The highest BCUT2D eigenvalue weighted by Gasteiger charge is 2.14. The number of aromatic nitrogens is 1. The number of thiophene rings is 1. The lowest BCUT2D eigenvalue weighted by atomic mass is 10.3. The van der Waals surface area contributed by atoms with Gasteiger partial charge in [0.1, 0.15) is 4.70 Å². The number of H-pyrrole nitrogens is 1. The molecule has 0 atom stereocenters. The van der Waals surface area contributed by atoms with Crippen LogP contribution in [0.1, 0.15) is 0 Å². The van der Waals surface area contributed by atoms with Gasteiger partial charge in [-0.25, -0.2) is 0 Å². The Hall–Kier alpha value is -1.69. The van der Waals surface area contributed by atoms with Crippen LogP contribution in [-0.4, -0.2) is 9.91 Å². The van der Waals surface area contributed by atoms with E-state index in [2.05, 4.69) is 4.98 Å². The summed E-state index contributed by atoms with van der Waals surface area (Å²) in [4.78, 5) is 23.5. The maximum absolute atomic E-state index is 11.1. The van der Waals surface area contributed by atoms with Gasteiger partial charge in [0.2, 0.25) is 0 Å². The molecular weight excluding hydrogens is 192 g/mol. The summed E-state index contributed by atoms with van der Waals surface area (Å²) in [6.45, 7) is 0. The van der Waals surface area contributed by atoms with Crippen LogP contribution in [0.4, 0.5) is 5.69 Å². The topological polar surface area (TPSA) is 76.0 Å². The van der Waals surface area contributed by atoms with Crippen molar-refractivity contribution in [2.45, 2.75) is 0 Å². The fourth-order valence-electron chi connectivity index (χ4n) is 1.10. The van der Waals surface area contributed by atoms with Crippen molar-refractivity contribution in [1.29, 1.82) is 0 Å². The molecule has 0 amide bonds. The minimum Gasteiger partial charge on any atom is -0.322 e. The predicted molar refractivity (Wildman–Crippen MR) is 49.1 cm³/mol. The first-order valence-corrected chi connectivity index (χ1v) is 4.31. The van der Waals surface area contributed by atoms with Crippen molar-refractivity contribution in [3.63, 3.8) is 0 Å². The largest absolute Gasteiger partial charge is 0.322 e. The zero-order valence-corrected chi connectivity index (χ0v) is 7.13. The number of rotatable bonds is 1. The summed E-state index contributed by atoms with van der Waals surface area (Å²) < 4.78 is 0.425. The molecule has 2 rings (SSSR count). The molecule has 0 aromatic carbocycles. The quantitative estimate of drug-likeness (QED) is 0.554. The third-order valence-electron chi connectivity index (χ3n) is 1.68. The molecule has 0 bridgehead atoms. The van der Waals surface area contributed by atoms with Crippen LogP contribution >= 0.6 is 11.3 Å². The summed E-state index contributed by atoms with van der Waals surface area (Å²) in [5, 5.41) is 12.5. The molecule has 0 radical (unpaired) electrons. The third kappa shape index (κ3) is 1.11. The van der Waals surface area contributed by atoms with Gasteiger partial charge in [-0.2, -0.15) is 0 Å². The maximum atomic E-state index is 11.1. The van der Waals surface area contributed by atoms with Crippen LogP contribution in [0.2, 0.25) is 0 Å². The Kier molecular flexibility index (Phi) is 1.63. The summed E-state index contributed by atoms with van der Waals surface area (Å²) in [5.41, 5.74) is -0.341. The average molecular weight is 196 g/mol. The Morgan fingerprint density at radius 2 is 2.31 bits per heavy atom. The van der Waals surface area contributed by atoms with Crippen molar-refractivity contribution in [1.82, 2.24) is 4.98 Å². The molecule has 5 nitrogen and oxygen atoms in total. The van der Waals surface area contributed by atoms with Gasteiger partial charge in [-0.15, -0.1) is 11.3 Å². The number of hydrogen-bond donors (Lipinski definition) is 1. The molecule has 0 unspecified atom stereocenters. The first-order chi connectivity index (χ1) is 6.20. The first kappa shape index (κ1) is 7.93. The van der Waals surface area contributed by atoms with Gasteiger partial charge in [0.15, 0.2) is 0 Å². The number of pyridine rings is 1. The molecule has 1 N–H and O–H groups in total. The molecule has 0 saturated heterocycles. The van der Waals surface area contributed by atoms with E-state index in [1.54, 1.807) is 11.4 Å². The van der Waals surface area contributed by atoms with Crippen molar-refractivity contribution in [3.8, 4) is 0 Å². The highest BCUT2D eigenvalue weighted by molar-refractivity contribution is 7.17. The lowest BCUT2D eigenvalue weighted by molar-refractivity contribution is -0.383. The lowest BCUT2D eigenvalue weighted by Gasteiger charge is -1.91. The van der Waals surface area contributed by atoms with E-state index in [4.69, 9.17) is 0 Å². The van der Waals surface area contributed by atoms with Crippen molar-refractivity contribution >= 4 is 27.1 Å². The van der Waals surface area contributed by atoms with E-state index in [1.165, 1.54) is 11.3 Å². The molecule has 0 saturated carbocycles. The van der Waals surface area contributed by atoms with Gasteiger partial charge in [-0.3, -0.25) is 14.9 Å². The second-order valence-electron chi connectivity index (χ2n) is 2.42. The molecule has 6 heteroatoms. The van der Waals surface area contributed by atoms with Gasteiger partial charge in [-0.05, 0) is 11.4 Å². The number of fused-ring (bicyclic) bond motifs is 1. The Morgan fingerprint density at radius 1 is 1.54 bits per heavy atom. The van der Waals surface area contributed by atoms with Gasteiger partial charge >= 0.3 is 5.69 Å². The third-order valence-corrected chi connectivity index (χ3v) is 2.62. The summed E-state index contributed by atoms with van der Waals surface area (Å²) in [6, 6.07) is 1.58. The lowest BCUT2D eigenvalue weighted by Crippen LogP contribution is -2.04. The van der Waals surface area contributed by atoms with E-state index < -0.39 is 4.92 Å². The second-order valence-corrected chi connectivity index (χ2v) is 3.34. The molecular formula is C7H4N2O3S. The molecule has 0 aliphatic rings. The molecule has 0 fully saturated rings. The van der Waals surface area contributed by atoms with Crippen molar-refractivity contribution in [2.24, 2.45) is 0 Å². The van der Waals surface area contributed by atoms with Crippen LogP contribution in [0, 0.1) is 10.1 Å². The normalized spacial score (nSPS) is 10.5. The van der Waals surface area contributed by atoms with Crippen LogP contribution in [0.25, 0.3) is 10.1 Å². The SMILES string of the molecule is O=c1[nH]cc([N+](=O)[O-])c2sccc12. The molecule has 66 valence electrons. The van der Waals surface area contributed by atoms with Gasteiger partial charge in [-0.1, -0.05) is 0 Å². The van der Waals surface area contributed by atoms with Gasteiger partial charge in [0.25, 0.3) is 5.56 Å². The number of nitro groups is 1. The van der Waals surface area contributed by atoms with E-state index in [-0.39, 0.29) is 11.2 Å². The number of nitrogens with zero attached hydrogens (tertiary/aromatic N) is 1. The summed E-state index contributed by atoms with van der Waals surface area (Å²) in [7, 11) is 0. The van der Waals surface area contributed by atoms with E-state index in [0.29, 0.717) is 10.1 Å². The van der Waals surface area contributed by atoms with E-state index in [9.17, 15) is 14.9 Å². The standard InChI is InChI=1S/C7H4N2O3S/c10-7-4-1-2-13-6(4)5(3-8-7)9(11)12/h1-3H,(H,8,10). The molecule has 2 aromatic heterocycles. The number of nitrogens with one attached hydrogen (secondary N) is 1. The van der Waals surface area contributed by atoms with Crippen LogP contribution in [0.15, 0.2) is 22.4 Å². The average Bonchev–Trinajstić information content (AvgIpc) is 2.53. The number of hydrogen-bond acceptors (Lipinski definition) is 4. The number of aromatic amines is 1. The molecule has 2 heterocycles. The van der Waals surface area contributed by atoms with Gasteiger partial charge in [0.05, 0.1) is 16.5 Å². The molecule has 0 spiro atoms. The highest BCUT2D eigenvalue weighted by atomic mass is 32.1. The fourth-order valence-corrected chi connectivity index (χ4v) is 1.98. The van der Waals surface area contributed by atoms with Crippen LogP contribution < -0.4 is 5.56 Å². The summed E-state index contributed by atoms with van der Waals surface area (Å²) in [5.74, 6) is 0. The molecule has 13 heavy (non-hydrogen) atoms. The van der Waals surface area contributed by atoms with Crippen LogP contribution in [0.3, 0.4) is 0 Å². The zero-order valence-electron chi connectivity index (χ0n) is 6.31. The predicted octanol–water partition coefficient (Wildman–Crippen LogP) is 1.50. The Morgan fingerprint density at radius 3 is 3.00 bits per heavy atom. The first-order valence-electron chi connectivity index (χ1n) is 3.43. The Balaban J connectivity index is 2.94.